The summed E-state index contributed by atoms with van der Waals surface area (Å²) >= 11 is 0. The average Bonchev–Trinajstić information content (AvgIpc) is 2.37. The lowest BCUT2D eigenvalue weighted by atomic mass is 10.3. The Labute approximate surface area is 108 Å². The summed E-state index contributed by atoms with van der Waals surface area (Å²) in [5.41, 5.74) is 0.439. The number of nitrogens with one attached hydrogen (secondary N) is 1. The minimum atomic E-state index is -0.0977. The van der Waals surface area contributed by atoms with Crippen molar-refractivity contribution in [3.63, 3.8) is 0 Å². The molecule has 1 N–H and O–H groups in total. The van der Waals surface area contributed by atoms with E-state index in [0.29, 0.717) is 24.7 Å². The van der Waals surface area contributed by atoms with Crippen LogP contribution in [-0.4, -0.2) is 49.1 Å². The zero-order chi connectivity index (χ0) is 13.5. The van der Waals surface area contributed by atoms with Gasteiger partial charge in [0.1, 0.15) is 11.5 Å². The highest BCUT2D eigenvalue weighted by Gasteiger charge is 2.13. The minimum absolute atomic E-state index is 0.0977. The molecule has 1 rings (SSSR count). The van der Waals surface area contributed by atoms with Gasteiger partial charge in [0.2, 0.25) is 0 Å². The quantitative estimate of drug-likeness (QED) is 0.834. The number of hydrogen-bond donors (Lipinski definition) is 1. The van der Waals surface area contributed by atoms with Crippen LogP contribution in [-0.2, 0) is 4.74 Å². The Morgan fingerprint density at radius 3 is 2.83 bits per heavy atom. The van der Waals surface area contributed by atoms with Crippen LogP contribution in [0.4, 0.5) is 5.82 Å². The van der Waals surface area contributed by atoms with Gasteiger partial charge in [0.05, 0.1) is 12.7 Å². The molecule has 0 spiro atoms. The fraction of sp³-hybridized carbons (Fsp3) is 0.538. The molecule has 18 heavy (non-hydrogen) atoms. The van der Waals surface area contributed by atoms with E-state index in [0.717, 1.165) is 0 Å². The summed E-state index contributed by atoms with van der Waals surface area (Å²) in [4.78, 5) is 17.9. The molecule has 0 aliphatic rings. The SMILES string of the molecule is CNc1cccc(C(=O)N(C)CCOC(C)C)n1. The van der Waals surface area contributed by atoms with Crippen molar-refractivity contribution in [2.24, 2.45) is 0 Å². The van der Waals surface area contributed by atoms with Gasteiger partial charge < -0.3 is 15.0 Å². The normalized spacial score (nSPS) is 10.5. The summed E-state index contributed by atoms with van der Waals surface area (Å²) in [6, 6.07) is 5.34. The lowest BCUT2D eigenvalue weighted by Crippen LogP contribution is -2.31. The van der Waals surface area contributed by atoms with E-state index >= 15 is 0 Å². The second-order valence-corrected chi connectivity index (χ2v) is 4.30. The third kappa shape index (κ3) is 4.33. The van der Waals surface area contributed by atoms with Crippen molar-refractivity contribution >= 4 is 11.7 Å². The zero-order valence-electron chi connectivity index (χ0n) is 11.4. The van der Waals surface area contributed by atoms with E-state index in [2.05, 4.69) is 10.3 Å². The summed E-state index contributed by atoms with van der Waals surface area (Å²) in [6.45, 7) is 5.04. The van der Waals surface area contributed by atoms with Crippen LogP contribution in [0.3, 0.4) is 0 Å². The number of rotatable bonds is 6. The monoisotopic (exact) mass is 251 g/mol. The van der Waals surface area contributed by atoms with Crippen LogP contribution in [0, 0.1) is 0 Å². The van der Waals surface area contributed by atoms with Gasteiger partial charge in [-0.2, -0.15) is 0 Å². The zero-order valence-corrected chi connectivity index (χ0v) is 11.4. The molecule has 1 heterocycles. The second-order valence-electron chi connectivity index (χ2n) is 4.30. The van der Waals surface area contributed by atoms with Crippen molar-refractivity contribution in [3.8, 4) is 0 Å². The van der Waals surface area contributed by atoms with Crippen LogP contribution >= 0.6 is 0 Å². The van der Waals surface area contributed by atoms with E-state index in [4.69, 9.17) is 4.74 Å². The van der Waals surface area contributed by atoms with Crippen molar-refractivity contribution in [1.29, 1.82) is 0 Å². The molecule has 1 aromatic heterocycles. The number of hydrogen-bond acceptors (Lipinski definition) is 4. The fourth-order valence-corrected chi connectivity index (χ4v) is 1.42. The predicted octanol–water partition coefficient (Wildman–Crippen LogP) is 1.62. The number of ether oxygens (including phenoxy) is 1. The molecule has 0 bridgehead atoms. The van der Waals surface area contributed by atoms with Gasteiger partial charge in [0.25, 0.3) is 5.91 Å². The maximum absolute atomic E-state index is 12.1. The van der Waals surface area contributed by atoms with Gasteiger partial charge in [0.15, 0.2) is 0 Å². The summed E-state index contributed by atoms with van der Waals surface area (Å²) < 4.78 is 5.42. The maximum Gasteiger partial charge on any atom is 0.272 e. The Hall–Kier alpha value is -1.62. The van der Waals surface area contributed by atoms with Crippen molar-refractivity contribution in [2.45, 2.75) is 20.0 Å². The Kier molecular flexibility index (Phi) is 5.58. The van der Waals surface area contributed by atoms with E-state index in [1.165, 1.54) is 0 Å². The topological polar surface area (TPSA) is 54.5 Å². The Morgan fingerprint density at radius 2 is 2.22 bits per heavy atom. The molecule has 0 unspecified atom stereocenters. The first-order chi connectivity index (χ1) is 8.54. The van der Waals surface area contributed by atoms with Crippen molar-refractivity contribution in [1.82, 2.24) is 9.88 Å². The molecule has 0 saturated heterocycles. The van der Waals surface area contributed by atoms with E-state index in [1.807, 2.05) is 26.0 Å². The van der Waals surface area contributed by atoms with Gasteiger partial charge in [-0.25, -0.2) is 4.98 Å². The minimum Gasteiger partial charge on any atom is -0.377 e. The van der Waals surface area contributed by atoms with E-state index in [1.54, 1.807) is 25.1 Å². The number of anilines is 1. The van der Waals surface area contributed by atoms with Crippen LogP contribution in [0.25, 0.3) is 0 Å². The largest absolute Gasteiger partial charge is 0.377 e. The molecular weight excluding hydrogens is 230 g/mol. The standard InChI is InChI=1S/C13H21N3O2/c1-10(2)18-9-8-16(4)13(17)11-6-5-7-12(14-3)15-11/h5-7,10H,8-9H2,1-4H3,(H,14,15). The smallest absolute Gasteiger partial charge is 0.272 e. The van der Waals surface area contributed by atoms with Crippen LogP contribution in [0.15, 0.2) is 18.2 Å². The molecule has 0 atom stereocenters. The van der Waals surface area contributed by atoms with Gasteiger partial charge in [-0.05, 0) is 26.0 Å². The summed E-state index contributed by atoms with van der Waals surface area (Å²) in [7, 11) is 3.52. The molecule has 100 valence electrons. The highest BCUT2D eigenvalue weighted by molar-refractivity contribution is 5.92. The number of carbonyl (C=O) groups is 1. The number of likely N-dealkylation sites (N-methyl/N-ethyl adjacent to an activating group) is 1. The lowest BCUT2D eigenvalue weighted by molar-refractivity contribution is 0.0529. The first-order valence-corrected chi connectivity index (χ1v) is 6.06. The summed E-state index contributed by atoms with van der Waals surface area (Å²) in [5, 5.41) is 2.91. The second kappa shape index (κ2) is 6.96. The molecule has 0 aliphatic carbocycles. The number of carbonyl (C=O) groups excluding carboxylic acids is 1. The molecular formula is C13H21N3O2. The molecule has 0 aliphatic heterocycles. The molecule has 0 saturated carbocycles. The van der Waals surface area contributed by atoms with E-state index in [9.17, 15) is 4.79 Å². The van der Waals surface area contributed by atoms with Crippen molar-refractivity contribution < 1.29 is 9.53 Å². The molecule has 0 aromatic carbocycles. The van der Waals surface area contributed by atoms with Gasteiger partial charge in [-0.15, -0.1) is 0 Å². The third-order valence-electron chi connectivity index (χ3n) is 2.45. The van der Waals surface area contributed by atoms with Crippen molar-refractivity contribution in [3.05, 3.63) is 23.9 Å². The van der Waals surface area contributed by atoms with Crippen molar-refractivity contribution in [2.75, 3.05) is 32.6 Å². The average molecular weight is 251 g/mol. The summed E-state index contributed by atoms with van der Waals surface area (Å²) in [6.07, 6.45) is 0.180. The van der Waals surface area contributed by atoms with Gasteiger partial charge in [0, 0.05) is 20.6 Å². The fourth-order valence-electron chi connectivity index (χ4n) is 1.42. The molecule has 5 heteroatoms. The molecule has 0 fully saturated rings. The molecule has 1 amide bonds. The lowest BCUT2D eigenvalue weighted by Gasteiger charge is -2.17. The highest BCUT2D eigenvalue weighted by atomic mass is 16.5. The van der Waals surface area contributed by atoms with E-state index < -0.39 is 0 Å². The maximum atomic E-state index is 12.1. The predicted molar refractivity (Wildman–Crippen MR) is 71.8 cm³/mol. The van der Waals surface area contributed by atoms with Gasteiger partial charge in [-0.1, -0.05) is 6.07 Å². The van der Waals surface area contributed by atoms with Crippen LogP contribution in [0.1, 0.15) is 24.3 Å². The Balaban J connectivity index is 2.56. The molecule has 5 nitrogen and oxygen atoms in total. The van der Waals surface area contributed by atoms with E-state index in [-0.39, 0.29) is 12.0 Å². The first-order valence-electron chi connectivity index (χ1n) is 6.06. The summed E-state index contributed by atoms with van der Waals surface area (Å²) in [5.74, 6) is 0.590. The Bertz CT molecular complexity index is 394. The molecule has 1 aromatic rings. The number of pyridine rings is 1. The van der Waals surface area contributed by atoms with Crippen LogP contribution in [0.5, 0.6) is 0 Å². The van der Waals surface area contributed by atoms with Gasteiger partial charge >= 0.3 is 0 Å². The van der Waals surface area contributed by atoms with Crippen LogP contribution < -0.4 is 5.32 Å². The first kappa shape index (κ1) is 14.4. The van der Waals surface area contributed by atoms with Gasteiger partial charge in [-0.3, -0.25) is 4.79 Å². The number of nitrogens with zero attached hydrogens (tertiary/aromatic N) is 2. The Morgan fingerprint density at radius 1 is 1.50 bits per heavy atom. The molecule has 0 radical (unpaired) electrons. The third-order valence-corrected chi connectivity index (χ3v) is 2.45. The van der Waals surface area contributed by atoms with Crippen LogP contribution in [0.2, 0.25) is 0 Å². The highest BCUT2D eigenvalue weighted by Crippen LogP contribution is 2.06. The number of aromatic nitrogens is 1. The number of amides is 1.